The molecule has 6 nitrogen and oxygen atoms in total. The molecule has 6 heteroatoms. The summed E-state index contributed by atoms with van der Waals surface area (Å²) in [4.78, 5) is 0. The van der Waals surface area contributed by atoms with Gasteiger partial charge in [0, 0.05) is 7.05 Å². The van der Waals surface area contributed by atoms with Crippen molar-refractivity contribution in [3.05, 3.63) is 23.3 Å². The van der Waals surface area contributed by atoms with Crippen molar-refractivity contribution in [2.75, 3.05) is 7.05 Å². The monoisotopic (exact) mass is 276 g/mol. The maximum absolute atomic E-state index is 4.49. The fourth-order valence-electron chi connectivity index (χ4n) is 2.59. The Morgan fingerprint density at radius 3 is 2.55 bits per heavy atom. The first-order chi connectivity index (χ1) is 9.65. The third-order valence-electron chi connectivity index (χ3n) is 3.66. The van der Waals surface area contributed by atoms with Crippen LogP contribution in [0.25, 0.3) is 5.69 Å². The summed E-state index contributed by atoms with van der Waals surface area (Å²) < 4.78 is 3.78. The summed E-state index contributed by atoms with van der Waals surface area (Å²) in [5.41, 5.74) is 4.30. The predicted molar refractivity (Wildman–Crippen MR) is 79.0 cm³/mol. The molecule has 0 bridgehead atoms. The summed E-state index contributed by atoms with van der Waals surface area (Å²) in [6.45, 7) is 6.40. The normalized spacial score (nSPS) is 12.8. The van der Waals surface area contributed by atoms with Crippen LogP contribution in [0.15, 0.2) is 6.20 Å². The summed E-state index contributed by atoms with van der Waals surface area (Å²) in [6.07, 6.45) is 4.79. The van der Waals surface area contributed by atoms with E-state index in [2.05, 4.69) is 41.5 Å². The molecule has 2 aromatic heterocycles. The lowest BCUT2D eigenvalue weighted by molar-refractivity contribution is 0.555. The zero-order valence-electron chi connectivity index (χ0n) is 13.0. The van der Waals surface area contributed by atoms with Crippen molar-refractivity contribution in [1.29, 1.82) is 0 Å². The molecule has 0 fully saturated rings. The van der Waals surface area contributed by atoms with Crippen LogP contribution in [0.1, 0.15) is 50.3 Å². The predicted octanol–water partition coefficient (Wildman–Crippen LogP) is 1.80. The van der Waals surface area contributed by atoms with E-state index < -0.39 is 0 Å². The fraction of sp³-hybridized carbons (Fsp3) is 0.643. The van der Waals surface area contributed by atoms with E-state index in [0.29, 0.717) is 0 Å². The van der Waals surface area contributed by atoms with Crippen LogP contribution < -0.4 is 5.32 Å². The smallest absolute Gasteiger partial charge is 0.108 e. The first-order valence-electron chi connectivity index (χ1n) is 7.30. The molecule has 0 saturated carbocycles. The highest BCUT2D eigenvalue weighted by molar-refractivity contribution is 5.36. The van der Waals surface area contributed by atoms with Crippen molar-refractivity contribution >= 4 is 0 Å². The minimum Gasteiger partial charge on any atom is -0.312 e. The van der Waals surface area contributed by atoms with Crippen molar-refractivity contribution in [1.82, 2.24) is 30.1 Å². The van der Waals surface area contributed by atoms with Gasteiger partial charge in [-0.3, -0.25) is 4.68 Å². The highest BCUT2D eigenvalue weighted by Crippen LogP contribution is 2.22. The van der Waals surface area contributed by atoms with Gasteiger partial charge >= 0.3 is 0 Å². The van der Waals surface area contributed by atoms with Crippen molar-refractivity contribution in [3.8, 4) is 5.69 Å². The maximum atomic E-state index is 4.49. The molecule has 2 rings (SSSR count). The molecule has 0 aliphatic heterocycles. The largest absolute Gasteiger partial charge is 0.312 e. The molecule has 0 spiro atoms. The minimum absolute atomic E-state index is 0.250. The van der Waals surface area contributed by atoms with Crippen molar-refractivity contribution in [2.45, 2.75) is 46.1 Å². The van der Waals surface area contributed by atoms with Gasteiger partial charge in [-0.15, -0.1) is 5.10 Å². The Morgan fingerprint density at radius 1 is 1.25 bits per heavy atom. The van der Waals surface area contributed by atoms with Crippen LogP contribution in [0.5, 0.6) is 0 Å². The van der Waals surface area contributed by atoms with Crippen molar-refractivity contribution in [2.24, 2.45) is 7.05 Å². The maximum Gasteiger partial charge on any atom is 0.108 e. The molecular formula is C14H24N6. The van der Waals surface area contributed by atoms with Crippen LogP contribution in [0.3, 0.4) is 0 Å². The number of aromatic nitrogens is 5. The van der Waals surface area contributed by atoms with Crippen LogP contribution >= 0.6 is 0 Å². The summed E-state index contributed by atoms with van der Waals surface area (Å²) in [6, 6.07) is 0.250. The lowest BCUT2D eigenvalue weighted by Gasteiger charge is -2.13. The number of nitrogens with zero attached hydrogens (tertiary/aromatic N) is 5. The van der Waals surface area contributed by atoms with E-state index in [1.807, 2.05) is 29.7 Å². The fourth-order valence-corrected chi connectivity index (χ4v) is 2.59. The van der Waals surface area contributed by atoms with E-state index in [4.69, 9.17) is 0 Å². The Hall–Kier alpha value is -1.69. The zero-order valence-corrected chi connectivity index (χ0v) is 13.0. The molecule has 2 heterocycles. The SMILES string of the molecule is CCc1nn(C)cc1-n1nnc(C(CC)NC)c1CC. The molecule has 0 amide bonds. The second-order valence-corrected chi connectivity index (χ2v) is 4.92. The number of rotatable bonds is 6. The Balaban J connectivity index is 2.52. The van der Waals surface area contributed by atoms with E-state index >= 15 is 0 Å². The minimum atomic E-state index is 0.250. The van der Waals surface area contributed by atoms with E-state index in [1.165, 1.54) is 0 Å². The number of aryl methyl sites for hydroxylation is 2. The van der Waals surface area contributed by atoms with Gasteiger partial charge in [0.05, 0.1) is 23.6 Å². The molecule has 0 saturated heterocycles. The van der Waals surface area contributed by atoms with Crippen LogP contribution in [0.2, 0.25) is 0 Å². The van der Waals surface area contributed by atoms with Gasteiger partial charge in [-0.2, -0.15) is 5.10 Å². The standard InChI is InChI=1S/C14H24N6/c1-6-10-13(9-19(5)17-10)20-12(8-3)14(16-18-20)11(7-2)15-4/h9,11,15H,6-8H2,1-5H3. The van der Waals surface area contributed by atoms with Gasteiger partial charge < -0.3 is 5.32 Å². The van der Waals surface area contributed by atoms with Crippen LogP contribution in [0.4, 0.5) is 0 Å². The molecule has 0 radical (unpaired) electrons. The summed E-state index contributed by atoms with van der Waals surface area (Å²) in [7, 11) is 3.91. The second kappa shape index (κ2) is 6.17. The summed E-state index contributed by atoms with van der Waals surface area (Å²) in [5, 5.41) is 16.6. The Bertz CT molecular complexity index is 564. The lowest BCUT2D eigenvalue weighted by atomic mass is 10.1. The number of nitrogens with one attached hydrogen (secondary N) is 1. The van der Waals surface area contributed by atoms with E-state index in [1.54, 1.807) is 0 Å². The first kappa shape index (κ1) is 14.7. The van der Waals surface area contributed by atoms with Crippen LogP contribution in [0, 0.1) is 0 Å². The van der Waals surface area contributed by atoms with E-state index in [-0.39, 0.29) is 6.04 Å². The first-order valence-corrected chi connectivity index (χ1v) is 7.30. The van der Waals surface area contributed by atoms with Crippen LogP contribution in [-0.4, -0.2) is 31.8 Å². The molecule has 1 unspecified atom stereocenters. The average molecular weight is 276 g/mol. The quantitative estimate of drug-likeness (QED) is 0.874. The van der Waals surface area contributed by atoms with Gasteiger partial charge in [0.2, 0.25) is 0 Å². The van der Waals surface area contributed by atoms with Gasteiger partial charge in [-0.05, 0) is 26.3 Å². The molecule has 2 aromatic rings. The highest BCUT2D eigenvalue weighted by atomic mass is 15.5. The molecule has 20 heavy (non-hydrogen) atoms. The molecule has 0 aliphatic rings. The number of hydrogen-bond donors (Lipinski definition) is 1. The topological polar surface area (TPSA) is 60.6 Å². The van der Waals surface area contributed by atoms with Gasteiger partial charge in [0.1, 0.15) is 11.4 Å². The third kappa shape index (κ3) is 2.47. The van der Waals surface area contributed by atoms with Gasteiger partial charge in [0.15, 0.2) is 0 Å². The summed E-state index contributed by atoms with van der Waals surface area (Å²) in [5.74, 6) is 0. The third-order valence-corrected chi connectivity index (χ3v) is 3.66. The lowest BCUT2D eigenvalue weighted by Crippen LogP contribution is -2.17. The average Bonchev–Trinajstić information content (AvgIpc) is 3.03. The number of hydrogen-bond acceptors (Lipinski definition) is 4. The second-order valence-electron chi connectivity index (χ2n) is 4.92. The molecule has 0 aromatic carbocycles. The Labute approximate surface area is 120 Å². The molecule has 110 valence electrons. The van der Waals surface area contributed by atoms with Gasteiger partial charge in [-0.1, -0.05) is 26.0 Å². The zero-order chi connectivity index (χ0) is 14.7. The molecule has 1 N–H and O–H groups in total. The summed E-state index contributed by atoms with van der Waals surface area (Å²) >= 11 is 0. The van der Waals surface area contributed by atoms with Gasteiger partial charge in [-0.25, -0.2) is 4.68 Å². The Morgan fingerprint density at radius 2 is 2.00 bits per heavy atom. The molecule has 1 atom stereocenters. The van der Waals surface area contributed by atoms with Gasteiger partial charge in [0.25, 0.3) is 0 Å². The van der Waals surface area contributed by atoms with Crippen molar-refractivity contribution < 1.29 is 0 Å². The van der Waals surface area contributed by atoms with E-state index in [0.717, 1.165) is 42.0 Å². The molecule has 0 aliphatic carbocycles. The molecular weight excluding hydrogens is 252 g/mol. The highest BCUT2D eigenvalue weighted by Gasteiger charge is 2.21. The van der Waals surface area contributed by atoms with E-state index in [9.17, 15) is 0 Å². The van der Waals surface area contributed by atoms with Crippen LogP contribution in [-0.2, 0) is 19.9 Å². The van der Waals surface area contributed by atoms with Crippen molar-refractivity contribution in [3.63, 3.8) is 0 Å². The Kier molecular flexibility index (Phi) is 4.54.